The van der Waals surface area contributed by atoms with Gasteiger partial charge in [-0.15, -0.1) is 0 Å². The number of ether oxygens (including phenoxy) is 4. The zero-order chi connectivity index (χ0) is 28.9. The minimum Gasteiger partial charge on any atom is -0.493 e. The third-order valence-corrected chi connectivity index (χ3v) is 8.49. The molecule has 3 aromatic carbocycles. The summed E-state index contributed by atoms with van der Waals surface area (Å²) in [6.07, 6.45) is 4.44. The Morgan fingerprint density at radius 1 is 0.902 bits per heavy atom. The van der Waals surface area contributed by atoms with E-state index in [1.54, 1.807) is 21.3 Å². The molecular weight excluding hydrogens is 516 g/mol. The fourth-order valence-electron chi connectivity index (χ4n) is 6.10. The van der Waals surface area contributed by atoms with Crippen LogP contribution in [0.5, 0.6) is 23.0 Å². The van der Waals surface area contributed by atoms with E-state index in [1.807, 2.05) is 12.1 Å². The summed E-state index contributed by atoms with van der Waals surface area (Å²) in [7, 11) is 4.98. The van der Waals surface area contributed by atoms with Crippen LogP contribution in [0.3, 0.4) is 0 Å². The van der Waals surface area contributed by atoms with Crippen molar-refractivity contribution in [3.05, 3.63) is 82.4 Å². The summed E-state index contributed by atoms with van der Waals surface area (Å²) in [5.41, 5.74) is 6.08. The van der Waals surface area contributed by atoms with Crippen molar-refractivity contribution in [2.24, 2.45) is 0 Å². The summed E-state index contributed by atoms with van der Waals surface area (Å²) in [5, 5.41) is 3.33. The number of aryl methyl sites for hydroxylation is 1. The maximum absolute atomic E-state index is 13.5. The zero-order valence-corrected chi connectivity index (χ0v) is 24.9. The quantitative estimate of drug-likeness (QED) is 0.319. The van der Waals surface area contributed by atoms with Crippen molar-refractivity contribution in [3.8, 4) is 23.0 Å². The number of methoxy groups -OCH3 is 3. The molecule has 1 N–H and O–H groups in total. The van der Waals surface area contributed by atoms with Crippen molar-refractivity contribution in [1.82, 2.24) is 10.2 Å². The van der Waals surface area contributed by atoms with Crippen LogP contribution in [0.2, 0.25) is 0 Å². The van der Waals surface area contributed by atoms with E-state index in [2.05, 4.69) is 66.5 Å². The highest BCUT2D eigenvalue weighted by molar-refractivity contribution is 5.79. The lowest BCUT2D eigenvalue weighted by molar-refractivity contribution is -0.123. The number of hydrogen-bond acceptors (Lipinski definition) is 6. The lowest BCUT2D eigenvalue weighted by Gasteiger charge is -2.38. The molecule has 218 valence electrons. The average Bonchev–Trinajstić information content (AvgIpc) is 3.40. The molecule has 3 atom stereocenters. The highest BCUT2D eigenvalue weighted by atomic mass is 16.5. The van der Waals surface area contributed by atoms with Gasteiger partial charge in [-0.2, -0.15) is 0 Å². The molecule has 1 amide bonds. The van der Waals surface area contributed by atoms with E-state index in [1.165, 1.54) is 22.3 Å². The minimum atomic E-state index is -0.0244. The third kappa shape index (κ3) is 6.30. The lowest BCUT2D eigenvalue weighted by Crippen LogP contribution is -2.44. The Labute approximate surface area is 243 Å². The van der Waals surface area contributed by atoms with Gasteiger partial charge in [0, 0.05) is 12.6 Å². The molecule has 0 fully saturated rings. The summed E-state index contributed by atoms with van der Waals surface area (Å²) in [4.78, 5) is 15.8. The van der Waals surface area contributed by atoms with Crippen molar-refractivity contribution in [2.45, 2.75) is 64.1 Å². The first-order valence-electron chi connectivity index (χ1n) is 14.6. The summed E-state index contributed by atoms with van der Waals surface area (Å²) in [5.74, 6) is 2.94. The van der Waals surface area contributed by atoms with Crippen LogP contribution in [0.1, 0.15) is 66.6 Å². The Morgan fingerprint density at radius 3 is 2.41 bits per heavy atom. The number of hydrogen-bond donors (Lipinski definition) is 1. The number of benzene rings is 3. The molecule has 7 heteroatoms. The summed E-state index contributed by atoms with van der Waals surface area (Å²) in [6, 6.07) is 18.8. The largest absolute Gasteiger partial charge is 0.493 e. The van der Waals surface area contributed by atoms with Crippen LogP contribution in [-0.2, 0) is 24.1 Å². The van der Waals surface area contributed by atoms with Gasteiger partial charge in [0.05, 0.1) is 40.0 Å². The first-order chi connectivity index (χ1) is 19.9. The molecule has 0 saturated carbocycles. The Bertz CT molecular complexity index is 1370. The van der Waals surface area contributed by atoms with Crippen molar-refractivity contribution < 1.29 is 23.7 Å². The number of carbonyl (C=O) groups excluding carboxylic acids is 1. The van der Waals surface area contributed by atoms with E-state index in [4.69, 9.17) is 18.9 Å². The molecule has 0 aromatic heterocycles. The molecule has 0 bridgehead atoms. The van der Waals surface area contributed by atoms with Gasteiger partial charge in [-0.05, 0) is 91.1 Å². The SMILES string of the molecule is CCC(C)Oc1cc2c(cc1OC)CCN(CC(=O)NC1CCc3ccccc31)C2Cc1ccc(OC)c(OC)c1. The Morgan fingerprint density at radius 2 is 1.66 bits per heavy atom. The fourth-order valence-corrected chi connectivity index (χ4v) is 6.10. The van der Waals surface area contributed by atoms with Crippen LogP contribution in [-0.4, -0.2) is 51.3 Å². The fraction of sp³-hybridized carbons (Fsp3) is 0.441. The average molecular weight is 559 g/mol. The van der Waals surface area contributed by atoms with Gasteiger partial charge in [0.2, 0.25) is 5.91 Å². The molecule has 3 unspecified atom stereocenters. The molecule has 0 radical (unpaired) electrons. The Kier molecular flexibility index (Phi) is 9.03. The molecule has 0 saturated heterocycles. The van der Waals surface area contributed by atoms with Gasteiger partial charge in [0.25, 0.3) is 0 Å². The summed E-state index contributed by atoms with van der Waals surface area (Å²) in [6.45, 7) is 5.27. The molecule has 1 aliphatic heterocycles. The van der Waals surface area contributed by atoms with E-state index < -0.39 is 0 Å². The van der Waals surface area contributed by atoms with Gasteiger partial charge in [0.1, 0.15) is 0 Å². The number of nitrogens with zero attached hydrogens (tertiary/aromatic N) is 1. The Hall–Kier alpha value is -3.71. The molecular formula is C34H42N2O5. The molecule has 41 heavy (non-hydrogen) atoms. The highest BCUT2D eigenvalue weighted by Gasteiger charge is 2.32. The number of rotatable bonds is 11. The number of amides is 1. The minimum absolute atomic E-state index is 0.0244. The van der Waals surface area contributed by atoms with Crippen molar-refractivity contribution in [1.29, 1.82) is 0 Å². The van der Waals surface area contributed by atoms with Crippen LogP contribution in [0, 0.1) is 0 Å². The van der Waals surface area contributed by atoms with Gasteiger partial charge < -0.3 is 24.3 Å². The van der Waals surface area contributed by atoms with Crippen molar-refractivity contribution in [3.63, 3.8) is 0 Å². The van der Waals surface area contributed by atoms with E-state index in [9.17, 15) is 4.79 Å². The van der Waals surface area contributed by atoms with Crippen molar-refractivity contribution in [2.75, 3.05) is 34.4 Å². The lowest BCUT2D eigenvalue weighted by atomic mass is 9.88. The first kappa shape index (κ1) is 28.8. The maximum atomic E-state index is 13.5. The highest BCUT2D eigenvalue weighted by Crippen LogP contribution is 2.41. The molecule has 0 spiro atoms. The first-order valence-corrected chi connectivity index (χ1v) is 14.6. The van der Waals surface area contributed by atoms with Crippen LogP contribution in [0.15, 0.2) is 54.6 Å². The molecule has 1 aliphatic carbocycles. The van der Waals surface area contributed by atoms with Crippen LogP contribution < -0.4 is 24.3 Å². The van der Waals surface area contributed by atoms with Crippen LogP contribution in [0.4, 0.5) is 0 Å². The third-order valence-electron chi connectivity index (χ3n) is 8.49. The molecule has 7 nitrogen and oxygen atoms in total. The second kappa shape index (κ2) is 12.9. The van der Waals surface area contributed by atoms with Gasteiger partial charge in [-0.25, -0.2) is 0 Å². The Balaban J connectivity index is 1.44. The number of fused-ring (bicyclic) bond motifs is 2. The maximum Gasteiger partial charge on any atom is 0.234 e. The molecule has 1 heterocycles. The monoisotopic (exact) mass is 558 g/mol. The van der Waals surface area contributed by atoms with Gasteiger partial charge in [0.15, 0.2) is 23.0 Å². The van der Waals surface area contributed by atoms with Gasteiger partial charge in [-0.1, -0.05) is 37.3 Å². The summed E-state index contributed by atoms with van der Waals surface area (Å²) < 4.78 is 23.1. The van der Waals surface area contributed by atoms with E-state index in [-0.39, 0.29) is 24.1 Å². The second-order valence-electron chi connectivity index (χ2n) is 11.0. The van der Waals surface area contributed by atoms with Crippen LogP contribution >= 0.6 is 0 Å². The van der Waals surface area contributed by atoms with Crippen molar-refractivity contribution >= 4 is 5.91 Å². The smallest absolute Gasteiger partial charge is 0.234 e. The number of nitrogens with one attached hydrogen (secondary N) is 1. The van der Waals surface area contributed by atoms with Gasteiger partial charge >= 0.3 is 0 Å². The van der Waals surface area contributed by atoms with Gasteiger partial charge in [-0.3, -0.25) is 9.69 Å². The normalized spacial score (nSPS) is 18.7. The van der Waals surface area contributed by atoms with Crippen LogP contribution in [0.25, 0.3) is 0 Å². The van der Waals surface area contributed by atoms with E-state index in [0.717, 1.165) is 49.3 Å². The number of carbonyl (C=O) groups is 1. The topological polar surface area (TPSA) is 69.3 Å². The zero-order valence-electron chi connectivity index (χ0n) is 24.9. The predicted octanol–water partition coefficient (Wildman–Crippen LogP) is 5.84. The van der Waals surface area contributed by atoms with E-state index in [0.29, 0.717) is 24.5 Å². The standard InChI is InChI=1S/C34H42N2O5/c1-6-22(2)41-33-20-27-25(19-32(33)40-5)15-16-36(29(27)17-23-11-14-30(38-3)31(18-23)39-4)21-34(37)35-28-13-12-24-9-7-8-10-26(24)28/h7-11,14,18-20,22,28-29H,6,12-13,15-17,21H2,1-5H3,(H,35,37). The second-order valence-corrected chi connectivity index (χ2v) is 11.0. The molecule has 5 rings (SSSR count). The predicted molar refractivity (Wildman–Crippen MR) is 160 cm³/mol. The van der Waals surface area contributed by atoms with E-state index >= 15 is 0 Å². The molecule has 2 aliphatic rings. The molecule has 3 aromatic rings. The summed E-state index contributed by atoms with van der Waals surface area (Å²) >= 11 is 0.